The second-order valence-corrected chi connectivity index (χ2v) is 2.13. The largest absolute Gasteiger partial charge is 0.364 e. The maximum atomic E-state index is 4.64. The molecule has 5 nitrogen and oxygen atoms in total. The first kappa shape index (κ1) is 6.78. The molecule has 0 unspecified atom stereocenters. The summed E-state index contributed by atoms with van der Waals surface area (Å²) in [6, 6.07) is 1.76. The minimum absolute atomic E-state index is 0.693. The molecule has 60 valence electrons. The van der Waals surface area contributed by atoms with Crippen LogP contribution in [-0.2, 0) is 0 Å². The van der Waals surface area contributed by atoms with E-state index in [0.717, 1.165) is 5.69 Å². The number of hydrogen-bond donors (Lipinski definition) is 1. The first-order chi connectivity index (χ1) is 5.95. The maximum absolute atomic E-state index is 4.64. The van der Waals surface area contributed by atoms with E-state index in [0.29, 0.717) is 5.82 Å². The molecule has 0 bridgehead atoms. The third-order valence-corrected chi connectivity index (χ3v) is 1.31. The summed E-state index contributed by atoms with van der Waals surface area (Å²) in [5.74, 6) is 0.693. The summed E-state index contributed by atoms with van der Waals surface area (Å²) in [5, 5.41) is 11.1. The molecule has 2 heterocycles. The number of rotatable bonds is 2. The van der Waals surface area contributed by atoms with Gasteiger partial charge >= 0.3 is 0 Å². The highest BCUT2D eigenvalue weighted by Gasteiger charge is 1.90. The molecule has 2 rings (SSSR count). The molecule has 0 aromatic carbocycles. The molecule has 0 aliphatic rings. The van der Waals surface area contributed by atoms with Crippen LogP contribution in [0.4, 0.5) is 0 Å². The zero-order chi connectivity index (χ0) is 8.23. The van der Waals surface area contributed by atoms with Crippen molar-refractivity contribution in [1.82, 2.24) is 20.3 Å². The molecule has 2 aromatic heterocycles. The first-order valence-electron chi connectivity index (χ1n) is 3.40. The van der Waals surface area contributed by atoms with E-state index in [4.69, 9.17) is 0 Å². The molecule has 5 heteroatoms. The van der Waals surface area contributed by atoms with Crippen LogP contribution < -0.4 is 0 Å². The Labute approximate surface area is 68.1 Å². The molecular formula is C7H6N4O. The van der Waals surface area contributed by atoms with Crippen LogP contribution in [0.5, 0.6) is 0 Å². The quantitative estimate of drug-likeness (QED) is 0.714. The highest BCUT2D eigenvalue weighted by Crippen LogP contribution is 2.00. The maximum Gasteiger partial charge on any atom is 0.153 e. The Morgan fingerprint density at radius 2 is 2.42 bits per heavy atom. The molecule has 0 aliphatic heterocycles. The summed E-state index contributed by atoms with van der Waals surface area (Å²) in [7, 11) is 0. The van der Waals surface area contributed by atoms with E-state index in [1.165, 1.54) is 12.6 Å². The van der Waals surface area contributed by atoms with Crippen molar-refractivity contribution in [3.05, 3.63) is 30.2 Å². The minimum atomic E-state index is 0.693. The van der Waals surface area contributed by atoms with Gasteiger partial charge in [0.05, 0.1) is 0 Å². The van der Waals surface area contributed by atoms with E-state index in [1.54, 1.807) is 18.2 Å². The monoisotopic (exact) mass is 162 g/mol. The Bertz CT molecular complexity index is 312. The zero-order valence-corrected chi connectivity index (χ0v) is 6.14. The highest BCUT2D eigenvalue weighted by molar-refractivity contribution is 5.63. The molecule has 0 amide bonds. The lowest BCUT2D eigenvalue weighted by Gasteiger charge is -1.79. The number of nitrogens with one attached hydrogen (secondary N) is 1. The van der Waals surface area contributed by atoms with Gasteiger partial charge in [0.1, 0.15) is 18.3 Å². The van der Waals surface area contributed by atoms with Crippen molar-refractivity contribution in [2.75, 3.05) is 0 Å². The van der Waals surface area contributed by atoms with Crippen LogP contribution in [0.15, 0.2) is 23.2 Å². The van der Waals surface area contributed by atoms with Gasteiger partial charge in [0.15, 0.2) is 5.82 Å². The summed E-state index contributed by atoms with van der Waals surface area (Å²) in [5.41, 5.74) is 0.756. The number of hydrogen-bond acceptors (Lipinski definition) is 4. The summed E-state index contributed by atoms with van der Waals surface area (Å²) < 4.78 is 4.64. The summed E-state index contributed by atoms with van der Waals surface area (Å²) in [6.45, 7) is 0. The Morgan fingerprint density at radius 3 is 3.08 bits per heavy atom. The number of aromatic nitrogens is 4. The lowest BCUT2D eigenvalue weighted by molar-refractivity contribution is 0.418. The molecule has 1 N–H and O–H groups in total. The SMILES string of the molecule is C(=C\c1nnc[nH]1)/c1ccon1. The van der Waals surface area contributed by atoms with Crippen LogP contribution in [-0.4, -0.2) is 20.3 Å². The molecule has 0 spiro atoms. The van der Waals surface area contributed by atoms with Crippen LogP contribution in [0, 0.1) is 0 Å². The topological polar surface area (TPSA) is 67.6 Å². The fraction of sp³-hybridized carbons (Fsp3) is 0. The zero-order valence-electron chi connectivity index (χ0n) is 6.14. The average molecular weight is 162 g/mol. The molecule has 0 atom stereocenters. The lowest BCUT2D eigenvalue weighted by atomic mass is 10.4. The van der Waals surface area contributed by atoms with Crippen molar-refractivity contribution in [2.45, 2.75) is 0 Å². The van der Waals surface area contributed by atoms with Crippen LogP contribution in [0.25, 0.3) is 12.2 Å². The highest BCUT2D eigenvalue weighted by atomic mass is 16.5. The van der Waals surface area contributed by atoms with Gasteiger partial charge < -0.3 is 9.51 Å². The second kappa shape index (κ2) is 3.00. The van der Waals surface area contributed by atoms with Crippen LogP contribution in [0.3, 0.4) is 0 Å². The van der Waals surface area contributed by atoms with Crippen molar-refractivity contribution in [3.8, 4) is 0 Å². The molecule has 2 aromatic rings. The van der Waals surface area contributed by atoms with Crippen molar-refractivity contribution < 1.29 is 4.52 Å². The van der Waals surface area contributed by atoms with Gasteiger partial charge in [0.2, 0.25) is 0 Å². The van der Waals surface area contributed by atoms with Gasteiger partial charge in [0.25, 0.3) is 0 Å². The Hall–Kier alpha value is -1.91. The van der Waals surface area contributed by atoms with Gasteiger partial charge in [-0.1, -0.05) is 5.16 Å². The molecular weight excluding hydrogens is 156 g/mol. The fourth-order valence-corrected chi connectivity index (χ4v) is 0.769. The number of aromatic amines is 1. The van der Waals surface area contributed by atoms with Crippen molar-refractivity contribution >= 4 is 12.2 Å². The van der Waals surface area contributed by atoms with Gasteiger partial charge in [-0.15, -0.1) is 10.2 Å². The lowest BCUT2D eigenvalue weighted by Crippen LogP contribution is -1.74. The summed E-state index contributed by atoms with van der Waals surface area (Å²) in [4.78, 5) is 2.83. The summed E-state index contributed by atoms with van der Waals surface area (Å²) in [6.07, 6.45) is 6.58. The van der Waals surface area contributed by atoms with Crippen LogP contribution >= 0.6 is 0 Å². The van der Waals surface area contributed by atoms with E-state index < -0.39 is 0 Å². The second-order valence-electron chi connectivity index (χ2n) is 2.13. The Balaban J connectivity index is 2.14. The van der Waals surface area contributed by atoms with Gasteiger partial charge in [-0.25, -0.2) is 0 Å². The number of nitrogens with zero attached hydrogens (tertiary/aromatic N) is 3. The fourth-order valence-electron chi connectivity index (χ4n) is 0.769. The van der Waals surface area contributed by atoms with Crippen molar-refractivity contribution in [3.63, 3.8) is 0 Å². The predicted molar refractivity (Wildman–Crippen MR) is 41.8 cm³/mol. The van der Waals surface area contributed by atoms with E-state index in [-0.39, 0.29) is 0 Å². The molecule has 0 radical (unpaired) electrons. The third kappa shape index (κ3) is 1.39. The van der Waals surface area contributed by atoms with Gasteiger partial charge in [-0.05, 0) is 12.2 Å². The molecule has 0 saturated carbocycles. The smallest absolute Gasteiger partial charge is 0.153 e. The van der Waals surface area contributed by atoms with Gasteiger partial charge in [-0.2, -0.15) is 0 Å². The van der Waals surface area contributed by atoms with Crippen molar-refractivity contribution in [2.24, 2.45) is 0 Å². The molecule has 12 heavy (non-hydrogen) atoms. The summed E-state index contributed by atoms with van der Waals surface area (Å²) >= 11 is 0. The third-order valence-electron chi connectivity index (χ3n) is 1.31. The standard InChI is InChI=1S/C7H6N4O/c1(6-3-4-12-11-6)2-7-8-5-9-10-7/h1-5H,(H,8,9,10)/b2-1+. The molecule has 0 aliphatic carbocycles. The van der Waals surface area contributed by atoms with Crippen molar-refractivity contribution in [1.29, 1.82) is 0 Å². The van der Waals surface area contributed by atoms with Gasteiger partial charge in [0, 0.05) is 6.07 Å². The molecule has 0 saturated heterocycles. The first-order valence-corrected chi connectivity index (χ1v) is 3.40. The van der Waals surface area contributed by atoms with Crippen LogP contribution in [0.1, 0.15) is 11.5 Å². The van der Waals surface area contributed by atoms with E-state index >= 15 is 0 Å². The number of H-pyrrole nitrogens is 1. The Kier molecular flexibility index (Phi) is 1.69. The Morgan fingerprint density at radius 1 is 1.42 bits per heavy atom. The van der Waals surface area contributed by atoms with Gasteiger partial charge in [-0.3, -0.25) is 0 Å². The van der Waals surface area contributed by atoms with Crippen LogP contribution in [0.2, 0.25) is 0 Å². The van der Waals surface area contributed by atoms with E-state index in [1.807, 2.05) is 0 Å². The van der Waals surface area contributed by atoms with E-state index in [9.17, 15) is 0 Å². The average Bonchev–Trinajstić information content (AvgIpc) is 2.74. The molecule has 0 fully saturated rings. The van der Waals surface area contributed by atoms with E-state index in [2.05, 4.69) is 24.9 Å². The minimum Gasteiger partial charge on any atom is -0.364 e. The normalized spacial score (nSPS) is 11.0. The predicted octanol–water partition coefficient (Wildman–Crippen LogP) is 0.963.